The molecule has 0 aliphatic carbocycles. The molecule has 1 fully saturated rings. The highest BCUT2D eigenvalue weighted by Crippen LogP contribution is 2.30. The Morgan fingerprint density at radius 1 is 0.733 bits per heavy atom. The molecule has 1 saturated heterocycles. The fourth-order valence-corrected chi connectivity index (χ4v) is 6.82. The predicted octanol–water partition coefficient (Wildman–Crippen LogP) is 4.16. The Morgan fingerprint density at radius 2 is 1.20 bits per heavy atom. The summed E-state index contributed by atoms with van der Waals surface area (Å²) in [5.41, 5.74) is 3.07. The van der Waals surface area contributed by atoms with Gasteiger partial charge < -0.3 is 0 Å². The lowest BCUT2D eigenvalue weighted by molar-refractivity contribution is 0.309. The normalized spacial score (nSPS) is 15.7. The topological polar surface area (TPSA) is 71.5 Å². The minimum Gasteiger partial charge on any atom is -0.223 e. The molecule has 8 heteroatoms. The van der Waals surface area contributed by atoms with Crippen LogP contribution in [-0.4, -0.2) is 39.5 Å². The molecule has 0 atom stereocenters. The molecular weight excluding hydrogens is 442 g/mol. The summed E-state index contributed by atoms with van der Waals surface area (Å²) in [5, 5.41) is -0.318. The molecule has 0 aromatic heterocycles. The standard InChI is InChI=1S/C22H20ClNO4S2/c1-16-2-4-17(5-3-16)18-6-10-21(11-7-18)30(27,28)24-14-22(15-24)29(25,26)20-12-8-19(23)9-13-20/h2-13,22H,14-15H2,1H3. The van der Waals surface area contributed by atoms with Crippen LogP contribution in [0, 0.1) is 6.92 Å². The molecule has 30 heavy (non-hydrogen) atoms. The minimum atomic E-state index is -3.74. The van der Waals surface area contributed by atoms with Crippen molar-refractivity contribution in [1.29, 1.82) is 0 Å². The van der Waals surface area contributed by atoms with E-state index in [0.717, 1.165) is 16.7 Å². The van der Waals surface area contributed by atoms with E-state index in [1.165, 1.54) is 28.6 Å². The zero-order chi connectivity index (χ0) is 21.5. The Bertz CT molecular complexity index is 1260. The van der Waals surface area contributed by atoms with Gasteiger partial charge in [0.2, 0.25) is 10.0 Å². The molecule has 1 aliphatic rings. The summed E-state index contributed by atoms with van der Waals surface area (Å²) in [6, 6.07) is 20.5. The third kappa shape index (κ3) is 3.90. The van der Waals surface area contributed by atoms with Gasteiger partial charge in [-0.15, -0.1) is 0 Å². The fraction of sp³-hybridized carbons (Fsp3) is 0.182. The van der Waals surface area contributed by atoms with Crippen molar-refractivity contribution in [3.63, 3.8) is 0 Å². The molecule has 0 bridgehead atoms. The average molecular weight is 462 g/mol. The quantitative estimate of drug-likeness (QED) is 0.572. The number of aryl methyl sites for hydroxylation is 1. The summed E-state index contributed by atoms with van der Waals surface area (Å²) >= 11 is 5.81. The molecular formula is C22H20ClNO4S2. The zero-order valence-electron chi connectivity index (χ0n) is 16.2. The van der Waals surface area contributed by atoms with Crippen molar-refractivity contribution in [3.8, 4) is 11.1 Å². The van der Waals surface area contributed by atoms with Gasteiger partial charge in [0.1, 0.15) is 0 Å². The number of sulfone groups is 1. The Morgan fingerprint density at radius 3 is 1.73 bits per heavy atom. The molecule has 1 heterocycles. The van der Waals surface area contributed by atoms with Crippen LogP contribution in [0.25, 0.3) is 11.1 Å². The number of hydrogen-bond acceptors (Lipinski definition) is 4. The van der Waals surface area contributed by atoms with E-state index in [1.54, 1.807) is 24.3 Å². The second-order valence-electron chi connectivity index (χ2n) is 7.33. The maximum absolute atomic E-state index is 12.9. The van der Waals surface area contributed by atoms with Crippen LogP contribution in [-0.2, 0) is 19.9 Å². The lowest BCUT2D eigenvalue weighted by atomic mass is 10.0. The molecule has 0 saturated carbocycles. The Hall–Kier alpha value is -2.19. The third-order valence-electron chi connectivity index (χ3n) is 5.27. The molecule has 156 valence electrons. The summed E-state index contributed by atoms with van der Waals surface area (Å²) in [5.74, 6) is 0. The van der Waals surface area contributed by atoms with Gasteiger partial charge in [-0.05, 0) is 54.4 Å². The predicted molar refractivity (Wildman–Crippen MR) is 118 cm³/mol. The van der Waals surface area contributed by atoms with Crippen LogP contribution in [0.4, 0.5) is 0 Å². The van der Waals surface area contributed by atoms with Crippen LogP contribution in [0.5, 0.6) is 0 Å². The highest BCUT2D eigenvalue weighted by Gasteiger charge is 2.44. The molecule has 3 aromatic rings. The van der Waals surface area contributed by atoms with E-state index in [0.29, 0.717) is 5.02 Å². The van der Waals surface area contributed by atoms with Gasteiger partial charge in [0.25, 0.3) is 0 Å². The first-order valence-electron chi connectivity index (χ1n) is 9.35. The second-order valence-corrected chi connectivity index (χ2v) is 11.9. The van der Waals surface area contributed by atoms with Crippen LogP contribution in [0.2, 0.25) is 5.02 Å². The average Bonchev–Trinajstić information content (AvgIpc) is 2.67. The molecule has 0 unspecified atom stereocenters. The zero-order valence-corrected chi connectivity index (χ0v) is 18.6. The van der Waals surface area contributed by atoms with Gasteiger partial charge in [-0.25, -0.2) is 16.8 Å². The Labute approximate surface area is 181 Å². The number of halogens is 1. The van der Waals surface area contributed by atoms with Crippen molar-refractivity contribution >= 4 is 31.5 Å². The number of hydrogen-bond donors (Lipinski definition) is 0. The van der Waals surface area contributed by atoms with Crippen LogP contribution < -0.4 is 0 Å². The molecule has 0 N–H and O–H groups in total. The highest BCUT2D eigenvalue weighted by atomic mass is 35.5. The van der Waals surface area contributed by atoms with E-state index in [1.807, 2.05) is 31.2 Å². The maximum atomic E-state index is 12.9. The number of benzene rings is 3. The summed E-state index contributed by atoms with van der Waals surface area (Å²) in [4.78, 5) is 0.303. The van der Waals surface area contributed by atoms with E-state index in [2.05, 4.69) is 0 Å². The van der Waals surface area contributed by atoms with Crippen molar-refractivity contribution < 1.29 is 16.8 Å². The second kappa shape index (κ2) is 7.81. The number of nitrogens with zero attached hydrogens (tertiary/aromatic N) is 1. The Balaban J connectivity index is 1.49. The van der Waals surface area contributed by atoms with Crippen molar-refractivity contribution in [2.75, 3.05) is 13.1 Å². The van der Waals surface area contributed by atoms with Crippen LogP contribution >= 0.6 is 11.6 Å². The van der Waals surface area contributed by atoms with Crippen LogP contribution in [0.3, 0.4) is 0 Å². The minimum absolute atomic E-state index is 0.0625. The molecule has 4 rings (SSSR count). The smallest absolute Gasteiger partial charge is 0.223 e. The van der Waals surface area contributed by atoms with Gasteiger partial charge in [0.15, 0.2) is 9.84 Å². The Kier molecular flexibility index (Phi) is 5.48. The number of rotatable bonds is 5. The first-order valence-corrected chi connectivity index (χ1v) is 12.7. The van der Waals surface area contributed by atoms with E-state index in [9.17, 15) is 16.8 Å². The maximum Gasteiger partial charge on any atom is 0.243 e. The first kappa shape index (κ1) is 21.1. The van der Waals surface area contributed by atoms with Crippen molar-refractivity contribution in [1.82, 2.24) is 4.31 Å². The molecule has 0 radical (unpaired) electrons. The molecule has 0 amide bonds. The third-order valence-corrected chi connectivity index (χ3v) is 9.48. The van der Waals surface area contributed by atoms with Crippen LogP contribution in [0.15, 0.2) is 82.6 Å². The molecule has 5 nitrogen and oxygen atoms in total. The largest absolute Gasteiger partial charge is 0.243 e. The fourth-order valence-electron chi connectivity index (χ4n) is 3.32. The summed E-state index contributed by atoms with van der Waals surface area (Å²) < 4.78 is 52.3. The van der Waals surface area contributed by atoms with Crippen molar-refractivity contribution in [2.45, 2.75) is 22.0 Å². The molecule has 0 spiro atoms. The van der Waals surface area contributed by atoms with Gasteiger partial charge >= 0.3 is 0 Å². The highest BCUT2D eigenvalue weighted by molar-refractivity contribution is 7.92. The van der Waals surface area contributed by atoms with E-state index >= 15 is 0 Å². The number of sulfonamides is 1. The summed E-state index contributed by atoms with van der Waals surface area (Å²) in [6.07, 6.45) is 0. The molecule has 1 aliphatic heterocycles. The van der Waals surface area contributed by atoms with Gasteiger partial charge in [-0.2, -0.15) is 4.31 Å². The SMILES string of the molecule is Cc1ccc(-c2ccc(S(=O)(=O)N3CC(S(=O)(=O)c4ccc(Cl)cc4)C3)cc2)cc1. The first-order chi connectivity index (χ1) is 14.2. The van der Waals surface area contributed by atoms with E-state index < -0.39 is 25.1 Å². The van der Waals surface area contributed by atoms with Gasteiger partial charge in [0.05, 0.1) is 15.0 Å². The van der Waals surface area contributed by atoms with Gasteiger partial charge in [0, 0.05) is 18.1 Å². The summed E-state index contributed by atoms with van der Waals surface area (Å²) in [6.45, 7) is 1.88. The van der Waals surface area contributed by atoms with Crippen molar-refractivity contribution in [3.05, 3.63) is 83.4 Å². The molecule has 3 aromatic carbocycles. The monoisotopic (exact) mass is 461 g/mol. The van der Waals surface area contributed by atoms with Gasteiger partial charge in [-0.1, -0.05) is 53.6 Å². The van der Waals surface area contributed by atoms with Crippen LogP contribution in [0.1, 0.15) is 5.56 Å². The van der Waals surface area contributed by atoms with Crippen molar-refractivity contribution in [2.24, 2.45) is 0 Å². The lowest BCUT2D eigenvalue weighted by Crippen LogP contribution is -2.56. The van der Waals surface area contributed by atoms with Gasteiger partial charge in [-0.3, -0.25) is 0 Å². The summed E-state index contributed by atoms with van der Waals surface area (Å²) in [7, 11) is -7.35. The lowest BCUT2D eigenvalue weighted by Gasteiger charge is -2.37. The van der Waals surface area contributed by atoms with E-state index in [-0.39, 0.29) is 22.9 Å². The van der Waals surface area contributed by atoms with E-state index in [4.69, 9.17) is 11.6 Å².